The normalized spacial score (nSPS) is 9.53. The van der Waals surface area contributed by atoms with Crippen molar-refractivity contribution in [2.75, 3.05) is 19.8 Å². The number of hydrogen-bond acceptors (Lipinski definition) is 3. The lowest BCUT2D eigenvalue weighted by molar-refractivity contribution is -0.115. The van der Waals surface area contributed by atoms with Gasteiger partial charge in [0.2, 0.25) is 0 Å². The van der Waals surface area contributed by atoms with Crippen LogP contribution in [-0.2, 0) is 11.2 Å². The van der Waals surface area contributed by atoms with Crippen LogP contribution >= 0.6 is 0 Å². The quantitative estimate of drug-likeness (QED) is 0.761. The molecule has 0 unspecified atom stereocenters. The third-order valence-electron chi connectivity index (χ3n) is 2.44. The lowest BCUT2D eigenvalue weighted by Crippen LogP contribution is -2.23. The van der Waals surface area contributed by atoms with Gasteiger partial charge in [-0.3, -0.25) is 4.79 Å². The van der Waals surface area contributed by atoms with Crippen molar-refractivity contribution in [3.05, 3.63) is 23.8 Å². The number of nitrogens with one attached hydrogen (secondary N) is 1. The van der Waals surface area contributed by atoms with E-state index in [1.165, 1.54) is 0 Å². The van der Waals surface area contributed by atoms with Gasteiger partial charge >= 0.3 is 0 Å². The highest BCUT2D eigenvalue weighted by molar-refractivity contribution is 5.92. The molecule has 0 fully saturated rings. The average molecular weight is 261 g/mol. The third-order valence-corrected chi connectivity index (χ3v) is 2.44. The minimum absolute atomic E-state index is 0.393. The molecular formula is C15H19NO3. The Labute approximate surface area is 114 Å². The molecule has 1 aromatic rings. The molecule has 0 aliphatic rings. The van der Waals surface area contributed by atoms with Crippen molar-refractivity contribution >= 4 is 5.91 Å². The maximum absolute atomic E-state index is 10.9. The Morgan fingerprint density at radius 2 is 1.95 bits per heavy atom. The fraction of sp³-hybridized carbons (Fsp3) is 0.400. The predicted molar refractivity (Wildman–Crippen MR) is 74.3 cm³/mol. The summed E-state index contributed by atoms with van der Waals surface area (Å²) < 4.78 is 11.0. The Morgan fingerprint density at radius 3 is 2.58 bits per heavy atom. The topological polar surface area (TPSA) is 47.6 Å². The highest BCUT2D eigenvalue weighted by Gasteiger charge is 2.06. The zero-order chi connectivity index (χ0) is 14.1. The molecule has 102 valence electrons. The Kier molecular flexibility index (Phi) is 6.31. The lowest BCUT2D eigenvalue weighted by atomic mass is 10.1. The Balaban J connectivity index is 2.67. The van der Waals surface area contributed by atoms with Crippen molar-refractivity contribution in [2.24, 2.45) is 0 Å². The van der Waals surface area contributed by atoms with Crippen LogP contribution in [0.15, 0.2) is 18.2 Å². The maximum atomic E-state index is 10.9. The predicted octanol–water partition coefficient (Wildman–Crippen LogP) is 1.78. The molecule has 4 nitrogen and oxygen atoms in total. The molecule has 0 aliphatic heterocycles. The molecule has 0 saturated carbocycles. The maximum Gasteiger partial charge on any atom is 0.295 e. The van der Waals surface area contributed by atoms with Gasteiger partial charge < -0.3 is 14.8 Å². The van der Waals surface area contributed by atoms with Gasteiger partial charge in [-0.15, -0.1) is 6.42 Å². The first-order valence-electron chi connectivity index (χ1n) is 6.34. The van der Waals surface area contributed by atoms with E-state index in [-0.39, 0.29) is 0 Å². The molecule has 0 aromatic heterocycles. The molecule has 0 bridgehead atoms. The molecule has 4 heteroatoms. The van der Waals surface area contributed by atoms with E-state index in [9.17, 15) is 4.79 Å². The van der Waals surface area contributed by atoms with E-state index in [1.54, 1.807) is 0 Å². The molecule has 0 saturated heterocycles. The van der Waals surface area contributed by atoms with Gasteiger partial charge in [0.05, 0.1) is 13.2 Å². The van der Waals surface area contributed by atoms with E-state index in [0.717, 1.165) is 17.1 Å². The molecule has 0 heterocycles. The molecule has 1 aromatic carbocycles. The number of benzene rings is 1. The van der Waals surface area contributed by atoms with Crippen molar-refractivity contribution in [1.29, 1.82) is 0 Å². The van der Waals surface area contributed by atoms with Crippen molar-refractivity contribution in [2.45, 2.75) is 20.3 Å². The standard InChI is InChI=1S/C15H19NO3/c1-4-15(17)16-10-9-12-7-8-13(18-5-2)14(11-12)19-6-3/h1,7-8,11H,5-6,9-10H2,2-3H3,(H,16,17). The first kappa shape index (κ1) is 14.9. The van der Waals surface area contributed by atoms with Crippen LogP contribution in [-0.4, -0.2) is 25.7 Å². The van der Waals surface area contributed by atoms with Crippen molar-refractivity contribution < 1.29 is 14.3 Å². The van der Waals surface area contributed by atoms with Crippen LogP contribution in [0.25, 0.3) is 0 Å². The van der Waals surface area contributed by atoms with Crippen molar-refractivity contribution in [1.82, 2.24) is 5.32 Å². The summed E-state index contributed by atoms with van der Waals surface area (Å²) in [7, 11) is 0. The minimum Gasteiger partial charge on any atom is -0.490 e. The number of carbonyl (C=O) groups is 1. The monoisotopic (exact) mass is 261 g/mol. The number of carbonyl (C=O) groups excluding carboxylic acids is 1. The van der Waals surface area contributed by atoms with E-state index >= 15 is 0 Å². The Morgan fingerprint density at radius 1 is 1.26 bits per heavy atom. The summed E-state index contributed by atoms with van der Waals surface area (Å²) in [4.78, 5) is 10.9. The summed E-state index contributed by atoms with van der Waals surface area (Å²) in [5.41, 5.74) is 1.06. The third kappa shape index (κ3) is 4.92. The smallest absolute Gasteiger partial charge is 0.295 e. The van der Waals surface area contributed by atoms with Gasteiger partial charge in [0.25, 0.3) is 5.91 Å². The Bertz CT molecular complexity index is 463. The first-order chi connectivity index (χ1) is 9.21. The van der Waals surface area contributed by atoms with Crippen LogP contribution in [0.4, 0.5) is 0 Å². The lowest BCUT2D eigenvalue weighted by Gasteiger charge is -2.12. The average Bonchev–Trinajstić information content (AvgIpc) is 2.42. The largest absolute Gasteiger partial charge is 0.490 e. The van der Waals surface area contributed by atoms with Crippen LogP contribution in [0.5, 0.6) is 11.5 Å². The summed E-state index contributed by atoms with van der Waals surface area (Å²) in [6.07, 6.45) is 5.66. The van der Waals surface area contributed by atoms with Gasteiger partial charge in [0.15, 0.2) is 11.5 Å². The van der Waals surface area contributed by atoms with E-state index in [2.05, 4.69) is 5.32 Å². The van der Waals surface area contributed by atoms with Gasteiger partial charge in [-0.1, -0.05) is 6.07 Å². The number of terminal acetylenes is 1. The van der Waals surface area contributed by atoms with Crippen LogP contribution < -0.4 is 14.8 Å². The van der Waals surface area contributed by atoms with Gasteiger partial charge in [0.1, 0.15) is 0 Å². The zero-order valence-corrected chi connectivity index (χ0v) is 11.4. The summed E-state index contributed by atoms with van der Waals surface area (Å²) in [6.45, 7) is 5.53. The molecule has 0 spiro atoms. The number of rotatable bonds is 7. The summed E-state index contributed by atoms with van der Waals surface area (Å²) in [5, 5.41) is 2.62. The fourth-order valence-corrected chi connectivity index (χ4v) is 1.62. The highest BCUT2D eigenvalue weighted by atomic mass is 16.5. The number of amides is 1. The van der Waals surface area contributed by atoms with Gasteiger partial charge in [-0.2, -0.15) is 0 Å². The second-order valence-electron chi connectivity index (χ2n) is 3.80. The molecule has 19 heavy (non-hydrogen) atoms. The molecule has 0 atom stereocenters. The SMILES string of the molecule is C#CC(=O)NCCc1ccc(OCC)c(OCC)c1. The molecular weight excluding hydrogens is 242 g/mol. The molecule has 0 radical (unpaired) electrons. The first-order valence-corrected chi connectivity index (χ1v) is 6.34. The fourth-order valence-electron chi connectivity index (χ4n) is 1.62. The van der Waals surface area contributed by atoms with E-state index < -0.39 is 5.91 Å². The van der Waals surface area contributed by atoms with Crippen LogP contribution in [0.3, 0.4) is 0 Å². The van der Waals surface area contributed by atoms with Crippen molar-refractivity contribution in [3.63, 3.8) is 0 Å². The van der Waals surface area contributed by atoms with Crippen LogP contribution in [0, 0.1) is 12.3 Å². The van der Waals surface area contributed by atoms with Crippen molar-refractivity contribution in [3.8, 4) is 23.8 Å². The van der Waals surface area contributed by atoms with Gasteiger partial charge in [-0.25, -0.2) is 0 Å². The van der Waals surface area contributed by atoms with Crippen LogP contribution in [0.2, 0.25) is 0 Å². The number of hydrogen-bond donors (Lipinski definition) is 1. The molecule has 1 N–H and O–H groups in total. The minimum atomic E-state index is -0.393. The second kappa shape index (κ2) is 8.04. The molecule has 1 amide bonds. The second-order valence-corrected chi connectivity index (χ2v) is 3.80. The molecule has 0 aliphatic carbocycles. The van der Waals surface area contributed by atoms with E-state index in [1.807, 2.05) is 38.0 Å². The summed E-state index contributed by atoms with van der Waals surface area (Å²) in [6, 6.07) is 5.76. The van der Waals surface area contributed by atoms with E-state index in [4.69, 9.17) is 15.9 Å². The number of ether oxygens (including phenoxy) is 2. The van der Waals surface area contributed by atoms with E-state index in [0.29, 0.717) is 26.2 Å². The van der Waals surface area contributed by atoms with Gasteiger partial charge in [-0.05, 0) is 43.9 Å². The van der Waals surface area contributed by atoms with Gasteiger partial charge in [0, 0.05) is 6.54 Å². The summed E-state index contributed by atoms with van der Waals surface area (Å²) >= 11 is 0. The highest BCUT2D eigenvalue weighted by Crippen LogP contribution is 2.28. The zero-order valence-electron chi connectivity index (χ0n) is 11.4. The Hall–Kier alpha value is -2.15. The summed E-state index contributed by atoms with van der Waals surface area (Å²) in [5.74, 6) is 3.09. The molecule has 1 rings (SSSR count). The van der Waals surface area contributed by atoms with Crippen LogP contribution in [0.1, 0.15) is 19.4 Å².